The summed E-state index contributed by atoms with van der Waals surface area (Å²) in [4.78, 5) is 0. The van der Waals surface area contributed by atoms with Gasteiger partial charge in [-0.25, -0.2) is 33.7 Å². The normalized spacial score (nSPS) is 53.2. The van der Waals surface area contributed by atoms with Crippen LogP contribution in [0.2, 0.25) is 0 Å². The molecule has 18 fully saturated rings. The number of rotatable bonds is 4. The van der Waals surface area contributed by atoms with E-state index in [9.17, 15) is 51.9 Å². The standard InChI is InChI=1S/2C32H56N8O6S2.Ir/c2*41-47(42,43)22-14-13-21-23(24(22)48(44,45)46)32-39-30-20-12-6-5-11-19(20)28(37-30)35-26-16-8-2-1-7-15(16)25(33-26)34-27-17-9-3-4-10-18(17)29(36-27)38-31(21)40-32;/h2*15-40H,1-14H2,(H,41,42,43)(H,44,45,46);/p-4. The molecule has 10 heterocycles. The van der Waals surface area contributed by atoms with Crippen molar-refractivity contribution in [2.75, 3.05) is 0 Å². The molecule has 36 atom stereocenters. The van der Waals surface area contributed by atoms with Crippen LogP contribution in [0.1, 0.15) is 180 Å². The second-order valence-corrected chi connectivity index (χ2v) is 39.8. The van der Waals surface area contributed by atoms with Crippen molar-refractivity contribution < 1.29 is 72.0 Å². The van der Waals surface area contributed by atoms with E-state index in [1.807, 2.05) is 0 Å². The Balaban J connectivity index is 0.000000151. The largest absolute Gasteiger partial charge is 0.748 e. The molecule has 18 aliphatic rings. The van der Waals surface area contributed by atoms with Crippen molar-refractivity contribution in [3.63, 3.8) is 0 Å². The summed E-state index contributed by atoms with van der Waals surface area (Å²) in [7, 11) is -20.3. The van der Waals surface area contributed by atoms with Crippen LogP contribution >= 0.6 is 0 Å². The molecule has 97 heavy (non-hydrogen) atoms. The molecule has 0 aromatic rings. The fraction of sp³-hybridized carbons (Fsp3) is 1.00. The molecule has 8 saturated carbocycles. The zero-order valence-electron chi connectivity index (χ0n) is 55.4. The molecule has 28 nitrogen and oxygen atoms in total. The van der Waals surface area contributed by atoms with Crippen LogP contribution in [0, 0.1) is 94.7 Å². The Morgan fingerprint density at radius 2 is 0.330 bits per heavy atom. The molecule has 16 bridgehead atoms. The fourth-order valence-corrected chi connectivity index (χ4v) is 31.3. The summed E-state index contributed by atoms with van der Waals surface area (Å²) in [6.07, 6.45) is 27.1. The summed E-state index contributed by atoms with van der Waals surface area (Å²) in [5, 5.41) is 55.4. The molecule has 18 rings (SSSR count). The van der Waals surface area contributed by atoms with Gasteiger partial charge in [0.1, 0.15) is 0 Å². The molecule has 553 valence electrons. The van der Waals surface area contributed by atoms with Crippen LogP contribution in [-0.4, -0.2) is 172 Å². The minimum absolute atomic E-state index is 0. The third kappa shape index (κ3) is 13.2. The van der Waals surface area contributed by atoms with Crippen molar-refractivity contribution in [3.05, 3.63) is 0 Å². The number of hydrogen-bond donors (Lipinski definition) is 16. The molecule has 1 radical (unpaired) electrons. The number of hydrogen-bond acceptors (Lipinski definition) is 28. The third-order valence-electron chi connectivity index (χ3n) is 29.2. The third-order valence-corrected chi connectivity index (χ3v) is 34.7. The molecule has 16 N–H and O–H groups in total. The minimum Gasteiger partial charge on any atom is -0.748 e. The van der Waals surface area contributed by atoms with E-state index in [0.29, 0.717) is 83.9 Å². The second-order valence-electron chi connectivity index (χ2n) is 33.6. The van der Waals surface area contributed by atoms with Crippen molar-refractivity contribution in [1.29, 1.82) is 0 Å². The Morgan fingerprint density at radius 1 is 0.186 bits per heavy atom. The number of nitrogens with one attached hydrogen (secondary N) is 16. The maximum atomic E-state index is 13.0. The Bertz CT molecular complexity index is 3100. The molecule has 0 amide bonds. The summed E-state index contributed by atoms with van der Waals surface area (Å²) < 4.78 is 153. The number of fused-ring (bicyclic) bond motifs is 40. The van der Waals surface area contributed by atoms with Crippen LogP contribution in [-0.2, 0) is 60.6 Å². The smallest absolute Gasteiger partial charge is 0.0991 e. The zero-order chi connectivity index (χ0) is 65.9. The summed E-state index contributed by atoms with van der Waals surface area (Å²) in [6.45, 7) is 0. The van der Waals surface area contributed by atoms with Crippen molar-refractivity contribution in [2.45, 2.75) is 299 Å². The molecule has 8 aliphatic carbocycles. The average Bonchev–Trinajstić information content (AvgIpc) is 1.64. The monoisotopic (exact) mass is 1610 g/mol. The van der Waals surface area contributed by atoms with Gasteiger partial charge in [-0.2, -0.15) is 0 Å². The van der Waals surface area contributed by atoms with Crippen LogP contribution in [0.15, 0.2) is 0 Å². The van der Waals surface area contributed by atoms with E-state index in [2.05, 4.69) is 85.1 Å². The first kappa shape index (κ1) is 70.9. The quantitative estimate of drug-likeness (QED) is 0.155. The molecule has 0 spiro atoms. The average molecular weight is 1610 g/mol. The van der Waals surface area contributed by atoms with Crippen molar-refractivity contribution >= 4 is 40.5 Å². The molecule has 0 aromatic heterocycles. The summed E-state index contributed by atoms with van der Waals surface area (Å²) in [6, 6.07) is 0. The van der Waals surface area contributed by atoms with Crippen LogP contribution < -0.4 is 85.1 Å². The Labute approximate surface area is 587 Å². The van der Waals surface area contributed by atoms with E-state index in [1.54, 1.807) is 0 Å². The summed E-state index contributed by atoms with van der Waals surface area (Å²) in [5.41, 5.74) is 0. The topological polar surface area (TPSA) is 421 Å². The summed E-state index contributed by atoms with van der Waals surface area (Å²) in [5.74, 6) is 2.83. The molecule has 10 saturated heterocycles. The van der Waals surface area contributed by atoms with Crippen LogP contribution in [0.5, 0.6) is 0 Å². The van der Waals surface area contributed by atoms with Gasteiger partial charge in [-0.1, -0.05) is 77.0 Å². The van der Waals surface area contributed by atoms with Gasteiger partial charge < -0.3 is 18.2 Å². The van der Waals surface area contributed by atoms with E-state index in [0.717, 1.165) is 89.9 Å². The van der Waals surface area contributed by atoms with Gasteiger partial charge in [0.05, 0.1) is 160 Å². The van der Waals surface area contributed by atoms with Crippen LogP contribution in [0.4, 0.5) is 0 Å². The van der Waals surface area contributed by atoms with Gasteiger partial charge in [-0.3, -0.25) is 85.1 Å². The molecular weight excluding hydrogens is 1510 g/mol. The molecule has 10 aliphatic heterocycles. The maximum Gasteiger partial charge on any atom is 0.0991 e. The Kier molecular flexibility index (Phi) is 20.3. The zero-order valence-corrected chi connectivity index (χ0v) is 61.1. The van der Waals surface area contributed by atoms with Gasteiger partial charge in [-0.15, -0.1) is 0 Å². The first-order valence-electron chi connectivity index (χ1n) is 38.0. The minimum atomic E-state index is -5.12. The van der Waals surface area contributed by atoms with E-state index < -0.39 is 85.6 Å². The van der Waals surface area contributed by atoms with Gasteiger partial charge >= 0.3 is 0 Å². The second kappa shape index (κ2) is 27.8. The predicted molar refractivity (Wildman–Crippen MR) is 350 cm³/mol. The van der Waals surface area contributed by atoms with E-state index >= 15 is 0 Å². The first-order valence-corrected chi connectivity index (χ1v) is 43.9. The molecule has 36 unspecified atom stereocenters. The van der Waals surface area contributed by atoms with Crippen LogP contribution in [0.3, 0.4) is 0 Å². The first-order chi connectivity index (χ1) is 46.1. The van der Waals surface area contributed by atoms with Crippen molar-refractivity contribution in [3.8, 4) is 0 Å². The van der Waals surface area contributed by atoms with Crippen molar-refractivity contribution in [2.24, 2.45) is 94.7 Å². The van der Waals surface area contributed by atoms with E-state index in [4.69, 9.17) is 0 Å². The van der Waals surface area contributed by atoms with Gasteiger partial charge in [0, 0.05) is 31.9 Å². The van der Waals surface area contributed by atoms with Gasteiger partial charge in [0.2, 0.25) is 0 Å². The molecule has 33 heteroatoms. The van der Waals surface area contributed by atoms with Gasteiger partial charge in [0.15, 0.2) is 0 Å². The van der Waals surface area contributed by atoms with Gasteiger partial charge in [0.25, 0.3) is 0 Å². The van der Waals surface area contributed by atoms with E-state index in [-0.39, 0.29) is 131 Å². The van der Waals surface area contributed by atoms with E-state index in [1.165, 1.54) is 64.2 Å². The Hall–Kier alpha value is -0.351. The van der Waals surface area contributed by atoms with Crippen LogP contribution in [0.25, 0.3) is 0 Å². The molecular formula is C64H108IrN16O12S4-4. The predicted octanol–water partition coefficient (Wildman–Crippen LogP) is -0.697. The van der Waals surface area contributed by atoms with Crippen molar-refractivity contribution in [1.82, 2.24) is 85.1 Å². The molecule has 0 aromatic carbocycles. The SMILES string of the molecule is O=S(=O)([O-])C1CCC2C3NC4NC(NC5NC(NC6NC(NC(N3)C2C1S(=O)(=O)[O-])C1CCCCC61)C1CCCCC51)C1CCCCC41.O=S(=O)([O-])C1CCC2C3NC4NC(NC5NC(NC6NC(NC(N3)C2C1S(=O)(=O)[O-])C1CCCCC61)C1CCCCC51)C1CCCCC41.[Ir]. The summed E-state index contributed by atoms with van der Waals surface area (Å²) >= 11 is 0. The maximum absolute atomic E-state index is 13.0. The van der Waals surface area contributed by atoms with Gasteiger partial charge in [-0.05, 0) is 186 Å². The fourth-order valence-electron chi connectivity index (χ4n) is 25.3. The Morgan fingerprint density at radius 3 is 0.474 bits per heavy atom.